The van der Waals surface area contributed by atoms with Crippen LogP contribution in [0, 0.1) is 0 Å². The molecular weight excluding hydrogens is 502 g/mol. The molecule has 3 aromatic carbocycles. The first kappa shape index (κ1) is 27.7. The van der Waals surface area contributed by atoms with Gasteiger partial charge in [-0.15, -0.1) is 0 Å². The fraction of sp³-hybridized carbons (Fsp3) is 0.300. The molecule has 2 unspecified atom stereocenters. The van der Waals surface area contributed by atoms with Crippen LogP contribution in [0.4, 0.5) is 0 Å². The largest absolute Gasteiger partial charge is 0.508 e. The molecule has 0 aliphatic rings. The van der Waals surface area contributed by atoms with E-state index in [0.717, 1.165) is 28.5 Å². The van der Waals surface area contributed by atoms with Crippen LogP contribution in [-0.4, -0.2) is 38.4 Å². The number of benzene rings is 3. The van der Waals surface area contributed by atoms with Crippen molar-refractivity contribution < 1.29 is 20.1 Å². The average molecular weight is 536 g/mol. The van der Waals surface area contributed by atoms with Crippen LogP contribution < -0.4 is 10.6 Å². The minimum atomic E-state index is -0.765. The second-order valence-electron chi connectivity index (χ2n) is 9.55. The Balaban J connectivity index is 1.39. The highest BCUT2D eigenvalue weighted by molar-refractivity contribution is 6.30. The van der Waals surface area contributed by atoms with Crippen molar-refractivity contribution in [3.8, 4) is 5.75 Å². The Morgan fingerprint density at radius 1 is 1.03 bits per heavy atom. The third-order valence-corrected chi connectivity index (χ3v) is 6.99. The van der Waals surface area contributed by atoms with Gasteiger partial charge in [0.1, 0.15) is 11.4 Å². The van der Waals surface area contributed by atoms with Crippen LogP contribution in [0.1, 0.15) is 52.7 Å². The molecule has 0 bridgehead atoms. The van der Waals surface area contributed by atoms with E-state index >= 15 is 0 Å². The lowest BCUT2D eigenvalue weighted by Crippen LogP contribution is -2.32. The molecule has 8 heteroatoms. The van der Waals surface area contributed by atoms with E-state index in [1.807, 2.05) is 41.8 Å². The topological polar surface area (TPSA) is 107 Å². The molecular formula is C30H34ClN3O4. The van der Waals surface area contributed by atoms with Crippen molar-refractivity contribution in [1.82, 2.24) is 15.2 Å². The van der Waals surface area contributed by atoms with Crippen molar-refractivity contribution in [2.24, 2.45) is 0 Å². The molecule has 0 aliphatic carbocycles. The zero-order valence-electron chi connectivity index (χ0n) is 21.6. The molecule has 2 atom stereocenters. The minimum Gasteiger partial charge on any atom is -0.508 e. The normalized spacial score (nSPS) is 13.0. The summed E-state index contributed by atoms with van der Waals surface area (Å²) in [6.45, 7) is 5.23. The van der Waals surface area contributed by atoms with Crippen molar-refractivity contribution in [2.45, 2.75) is 52.1 Å². The standard InChI is InChI=1S/C30H34ClN3O4/c1-3-34-26-10-6-21(12-19(2)32-17-29(37)22-7-11-28(36)24(14-22)18-35)13-23(26)15-27(34)30(38)33-16-20-4-8-25(31)9-5-20/h4-11,13-15,19,29,32,35-37H,3,12,16-18H2,1-2H3,(H,33,38). The Labute approximate surface area is 227 Å². The summed E-state index contributed by atoms with van der Waals surface area (Å²) >= 11 is 5.95. The number of phenols is 1. The zero-order chi connectivity index (χ0) is 27.2. The summed E-state index contributed by atoms with van der Waals surface area (Å²) in [5.41, 5.74) is 4.77. The van der Waals surface area contributed by atoms with Crippen molar-refractivity contribution in [3.05, 3.63) is 99.7 Å². The number of aryl methyl sites for hydroxylation is 1. The maximum atomic E-state index is 13.0. The third-order valence-electron chi connectivity index (χ3n) is 6.74. The maximum Gasteiger partial charge on any atom is 0.268 e. The van der Waals surface area contributed by atoms with Gasteiger partial charge in [0, 0.05) is 47.2 Å². The molecule has 7 nitrogen and oxygen atoms in total. The number of hydrogen-bond acceptors (Lipinski definition) is 5. The van der Waals surface area contributed by atoms with Crippen LogP contribution >= 0.6 is 11.6 Å². The molecule has 0 aliphatic heterocycles. The second-order valence-corrected chi connectivity index (χ2v) is 9.99. The number of fused-ring (bicyclic) bond motifs is 1. The Morgan fingerprint density at radius 3 is 2.47 bits per heavy atom. The minimum absolute atomic E-state index is 0.0132. The Hall–Kier alpha value is -3.36. The first-order chi connectivity index (χ1) is 18.3. The van der Waals surface area contributed by atoms with Gasteiger partial charge in [0.05, 0.1) is 12.7 Å². The first-order valence-corrected chi connectivity index (χ1v) is 13.2. The van der Waals surface area contributed by atoms with Crippen LogP contribution in [-0.2, 0) is 26.1 Å². The van der Waals surface area contributed by atoms with Gasteiger partial charge in [-0.05, 0) is 79.4 Å². The summed E-state index contributed by atoms with van der Waals surface area (Å²) in [5, 5.41) is 37.7. The van der Waals surface area contributed by atoms with E-state index < -0.39 is 6.10 Å². The van der Waals surface area contributed by atoms with Gasteiger partial charge in [-0.25, -0.2) is 0 Å². The lowest BCUT2D eigenvalue weighted by Gasteiger charge is -2.18. The number of aliphatic hydroxyl groups excluding tert-OH is 2. The summed E-state index contributed by atoms with van der Waals surface area (Å²) in [7, 11) is 0. The molecule has 200 valence electrons. The summed E-state index contributed by atoms with van der Waals surface area (Å²) in [4.78, 5) is 13.0. The fourth-order valence-electron chi connectivity index (χ4n) is 4.65. The number of nitrogens with one attached hydrogen (secondary N) is 2. The highest BCUT2D eigenvalue weighted by Gasteiger charge is 2.16. The number of nitrogens with zero attached hydrogens (tertiary/aromatic N) is 1. The molecule has 1 aromatic heterocycles. The van der Waals surface area contributed by atoms with E-state index in [2.05, 4.69) is 35.8 Å². The van der Waals surface area contributed by atoms with Gasteiger partial charge < -0.3 is 30.5 Å². The van der Waals surface area contributed by atoms with Crippen molar-refractivity contribution in [1.29, 1.82) is 0 Å². The summed E-state index contributed by atoms with van der Waals surface area (Å²) in [6.07, 6.45) is -0.0198. The van der Waals surface area contributed by atoms with E-state index in [1.165, 1.54) is 6.07 Å². The number of hydrogen-bond donors (Lipinski definition) is 5. The Kier molecular flexibility index (Phi) is 9.07. The van der Waals surface area contributed by atoms with E-state index in [-0.39, 0.29) is 24.3 Å². The maximum absolute atomic E-state index is 13.0. The number of rotatable bonds is 11. The summed E-state index contributed by atoms with van der Waals surface area (Å²) in [5.74, 6) is -0.110. The van der Waals surface area contributed by atoms with Crippen LogP contribution in [0.25, 0.3) is 10.9 Å². The molecule has 0 saturated heterocycles. The van der Waals surface area contributed by atoms with Crippen molar-refractivity contribution >= 4 is 28.4 Å². The van der Waals surface area contributed by atoms with Crippen LogP contribution in [0.3, 0.4) is 0 Å². The zero-order valence-corrected chi connectivity index (χ0v) is 22.4. The monoisotopic (exact) mass is 535 g/mol. The number of aliphatic hydroxyl groups is 2. The van der Waals surface area contributed by atoms with Gasteiger partial charge in [-0.3, -0.25) is 4.79 Å². The number of carbonyl (C=O) groups excluding carboxylic acids is 1. The SMILES string of the molecule is CCn1c(C(=O)NCc2ccc(Cl)cc2)cc2cc(CC(C)NCC(O)c3ccc(O)c(CO)c3)ccc21. The van der Waals surface area contributed by atoms with E-state index in [9.17, 15) is 20.1 Å². The molecule has 4 rings (SSSR count). The predicted octanol–water partition coefficient (Wildman–Crippen LogP) is 4.70. The number of carbonyl (C=O) groups is 1. The third kappa shape index (κ3) is 6.55. The predicted molar refractivity (Wildman–Crippen MR) is 150 cm³/mol. The van der Waals surface area contributed by atoms with Crippen molar-refractivity contribution in [3.63, 3.8) is 0 Å². The van der Waals surface area contributed by atoms with E-state index in [4.69, 9.17) is 11.6 Å². The summed E-state index contributed by atoms with van der Waals surface area (Å²) in [6, 6.07) is 20.4. The molecule has 38 heavy (non-hydrogen) atoms. The van der Waals surface area contributed by atoms with Crippen molar-refractivity contribution in [2.75, 3.05) is 6.54 Å². The Morgan fingerprint density at radius 2 is 1.76 bits per heavy atom. The fourth-order valence-corrected chi connectivity index (χ4v) is 4.77. The van der Waals surface area contributed by atoms with Crippen LogP contribution in [0.2, 0.25) is 5.02 Å². The average Bonchev–Trinajstić information content (AvgIpc) is 3.29. The van der Waals surface area contributed by atoms with Crippen LogP contribution in [0.15, 0.2) is 66.7 Å². The second kappa shape index (κ2) is 12.5. The number of aromatic nitrogens is 1. The Bertz CT molecular complexity index is 1400. The van der Waals surface area contributed by atoms with Gasteiger partial charge >= 0.3 is 0 Å². The summed E-state index contributed by atoms with van der Waals surface area (Å²) < 4.78 is 2.02. The molecule has 0 fully saturated rings. The van der Waals surface area contributed by atoms with Gasteiger partial charge in [0.25, 0.3) is 5.91 Å². The lowest BCUT2D eigenvalue weighted by atomic mass is 10.0. The van der Waals surface area contributed by atoms with Crippen LogP contribution in [0.5, 0.6) is 5.75 Å². The highest BCUT2D eigenvalue weighted by atomic mass is 35.5. The molecule has 0 radical (unpaired) electrons. The highest BCUT2D eigenvalue weighted by Crippen LogP contribution is 2.24. The van der Waals surface area contributed by atoms with Gasteiger partial charge in [-0.2, -0.15) is 0 Å². The molecule has 0 spiro atoms. The quantitative estimate of drug-likeness (QED) is 0.191. The molecule has 0 saturated carbocycles. The first-order valence-electron chi connectivity index (χ1n) is 12.8. The van der Waals surface area contributed by atoms with E-state index in [1.54, 1.807) is 12.1 Å². The van der Waals surface area contributed by atoms with Gasteiger partial charge in [0.15, 0.2) is 0 Å². The van der Waals surface area contributed by atoms with E-state index in [0.29, 0.717) is 41.5 Å². The number of aromatic hydroxyl groups is 1. The van der Waals surface area contributed by atoms with Gasteiger partial charge in [0.2, 0.25) is 0 Å². The molecule has 1 amide bonds. The molecule has 4 aromatic rings. The number of halogens is 1. The smallest absolute Gasteiger partial charge is 0.268 e. The molecule has 5 N–H and O–H groups in total. The molecule has 1 heterocycles. The van der Waals surface area contributed by atoms with Gasteiger partial charge in [-0.1, -0.05) is 35.9 Å². The lowest BCUT2D eigenvalue weighted by molar-refractivity contribution is 0.0942. The number of amides is 1.